The Morgan fingerprint density at radius 3 is 2.88 bits per heavy atom. The van der Waals surface area contributed by atoms with Crippen molar-refractivity contribution in [1.82, 2.24) is 9.88 Å². The largest absolute Gasteiger partial charge is 0.488 e. The topological polar surface area (TPSA) is 77.4 Å². The van der Waals surface area contributed by atoms with E-state index in [9.17, 15) is 0 Å². The van der Waals surface area contributed by atoms with Crippen LogP contribution in [0.1, 0.15) is 6.92 Å². The maximum absolute atomic E-state index is 5.66. The van der Waals surface area contributed by atoms with Crippen molar-refractivity contribution in [3.63, 3.8) is 0 Å². The number of nitrogen functional groups attached to an aromatic ring is 1. The van der Waals surface area contributed by atoms with Crippen LogP contribution in [0.2, 0.25) is 0 Å². The van der Waals surface area contributed by atoms with Gasteiger partial charge in [0, 0.05) is 25.8 Å². The number of rotatable bonds is 7. The Morgan fingerprint density at radius 1 is 1.44 bits per heavy atom. The summed E-state index contributed by atoms with van der Waals surface area (Å²) in [5, 5.41) is 0. The average molecular weight is 224 g/mol. The SMILES string of the molecule is CCN(CCN)CCOc1cccnc1N. The normalized spacial score (nSPS) is 10.7. The second-order valence-electron chi connectivity index (χ2n) is 3.46. The number of likely N-dealkylation sites (N-methyl/N-ethyl adjacent to an activating group) is 1. The summed E-state index contributed by atoms with van der Waals surface area (Å²) in [5.41, 5.74) is 11.2. The van der Waals surface area contributed by atoms with Crippen molar-refractivity contribution in [2.45, 2.75) is 6.92 Å². The fourth-order valence-electron chi connectivity index (χ4n) is 1.42. The maximum atomic E-state index is 5.66. The molecule has 0 bridgehead atoms. The van der Waals surface area contributed by atoms with E-state index in [4.69, 9.17) is 16.2 Å². The number of hydrogen-bond acceptors (Lipinski definition) is 5. The minimum Gasteiger partial charge on any atom is -0.488 e. The third kappa shape index (κ3) is 4.04. The Kier molecular flexibility index (Phi) is 5.60. The summed E-state index contributed by atoms with van der Waals surface area (Å²) in [6.07, 6.45) is 1.65. The first-order valence-electron chi connectivity index (χ1n) is 5.53. The highest BCUT2D eigenvalue weighted by Gasteiger charge is 2.03. The molecule has 0 spiro atoms. The zero-order valence-electron chi connectivity index (χ0n) is 9.72. The van der Waals surface area contributed by atoms with Crippen molar-refractivity contribution in [2.75, 3.05) is 38.5 Å². The molecule has 4 N–H and O–H groups in total. The molecular weight excluding hydrogens is 204 g/mol. The molecule has 1 aromatic heterocycles. The molecule has 0 saturated carbocycles. The van der Waals surface area contributed by atoms with Gasteiger partial charge < -0.3 is 16.2 Å². The third-order valence-corrected chi connectivity index (χ3v) is 2.36. The first-order chi connectivity index (χ1) is 7.77. The van der Waals surface area contributed by atoms with Crippen LogP contribution in [0.5, 0.6) is 5.75 Å². The molecule has 1 rings (SSSR count). The Labute approximate surface area is 96.4 Å². The van der Waals surface area contributed by atoms with Gasteiger partial charge in [-0.25, -0.2) is 4.98 Å². The zero-order valence-corrected chi connectivity index (χ0v) is 9.72. The first-order valence-corrected chi connectivity index (χ1v) is 5.53. The van der Waals surface area contributed by atoms with Gasteiger partial charge in [0.15, 0.2) is 11.6 Å². The second kappa shape index (κ2) is 7.03. The van der Waals surface area contributed by atoms with Crippen LogP contribution in [0.3, 0.4) is 0 Å². The summed E-state index contributed by atoms with van der Waals surface area (Å²) < 4.78 is 5.55. The van der Waals surface area contributed by atoms with Crippen LogP contribution in [0.15, 0.2) is 18.3 Å². The number of hydrogen-bond donors (Lipinski definition) is 2. The number of nitrogens with two attached hydrogens (primary N) is 2. The standard InChI is InChI=1S/C11H20N4O/c1-2-15(7-5-12)8-9-16-10-4-3-6-14-11(10)13/h3-4,6H,2,5,7-9,12H2,1H3,(H2,13,14). The van der Waals surface area contributed by atoms with Crippen molar-refractivity contribution in [2.24, 2.45) is 5.73 Å². The molecule has 5 heteroatoms. The van der Waals surface area contributed by atoms with Crippen LogP contribution >= 0.6 is 0 Å². The molecule has 0 aliphatic rings. The monoisotopic (exact) mass is 224 g/mol. The molecule has 0 unspecified atom stereocenters. The van der Waals surface area contributed by atoms with Gasteiger partial charge in [0.2, 0.25) is 0 Å². The molecule has 0 saturated heterocycles. The van der Waals surface area contributed by atoms with Crippen LogP contribution in [0, 0.1) is 0 Å². The number of ether oxygens (including phenoxy) is 1. The van der Waals surface area contributed by atoms with Crippen molar-refractivity contribution < 1.29 is 4.74 Å². The fourth-order valence-corrected chi connectivity index (χ4v) is 1.42. The average Bonchev–Trinajstić information content (AvgIpc) is 2.30. The van der Waals surface area contributed by atoms with Crippen LogP contribution in [0.4, 0.5) is 5.82 Å². The van der Waals surface area contributed by atoms with Crippen molar-refractivity contribution in [3.8, 4) is 5.75 Å². The predicted octanol–water partition coefficient (Wildman–Crippen LogP) is 0.323. The van der Waals surface area contributed by atoms with Crippen LogP contribution < -0.4 is 16.2 Å². The molecule has 0 atom stereocenters. The minimum atomic E-state index is 0.435. The molecule has 0 radical (unpaired) electrons. The van der Waals surface area contributed by atoms with E-state index in [0.29, 0.717) is 24.7 Å². The molecular formula is C11H20N4O. The van der Waals surface area contributed by atoms with E-state index in [1.807, 2.05) is 12.1 Å². The number of pyridine rings is 1. The van der Waals surface area contributed by atoms with Gasteiger partial charge in [0.25, 0.3) is 0 Å². The van der Waals surface area contributed by atoms with E-state index < -0.39 is 0 Å². The van der Waals surface area contributed by atoms with Crippen molar-refractivity contribution in [3.05, 3.63) is 18.3 Å². The van der Waals surface area contributed by atoms with Gasteiger partial charge in [0.05, 0.1) is 0 Å². The number of nitrogens with zero attached hydrogens (tertiary/aromatic N) is 2. The highest BCUT2D eigenvalue weighted by atomic mass is 16.5. The summed E-state index contributed by atoms with van der Waals surface area (Å²) in [6.45, 7) is 6.09. The smallest absolute Gasteiger partial charge is 0.166 e. The number of aromatic nitrogens is 1. The Morgan fingerprint density at radius 2 is 2.25 bits per heavy atom. The van der Waals surface area contributed by atoms with E-state index in [1.165, 1.54) is 0 Å². The number of anilines is 1. The second-order valence-corrected chi connectivity index (χ2v) is 3.46. The molecule has 0 amide bonds. The molecule has 90 valence electrons. The fraction of sp³-hybridized carbons (Fsp3) is 0.545. The van der Waals surface area contributed by atoms with E-state index >= 15 is 0 Å². The lowest BCUT2D eigenvalue weighted by Crippen LogP contribution is -2.32. The molecule has 1 aromatic rings. The van der Waals surface area contributed by atoms with Gasteiger partial charge in [-0.2, -0.15) is 0 Å². The molecule has 1 heterocycles. The lowest BCUT2D eigenvalue weighted by molar-refractivity contribution is 0.220. The Bertz CT molecular complexity index is 306. The van der Waals surface area contributed by atoms with Crippen LogP contribution in [0.25, 0.3) is 0 Å². The van der Waals surface area contributed by atoms with Crippen molar-refractivity contribution >= 4 is 5.82 Å². The Hall–Kier alpha value is -1.33. The summed E-state index contributed by atoms with van der Waals surface area (Å²) in [5.74, 6) is 1.08. The lowest BCUT2D eigenvalue weighted by Gasteiger charge is -2.19. The van der Waals surface area contributed by atoms with Gasteiger partial charge in [-0.15, -0.1) is 0 Å². The first kappa shape index (κ1) is 12.7. The molecule has 0 aromatic carbocycles. The molecule has 0 aliphatic heterocycles. The van der Waals surface area contributed by atoms with Crippen LogP contribution in [-0.2, 0) is 0 Å². The molecule has 0 aliphatic carbocycles. The van der Waals surface area contributed by atoms with Gasteiger partial charge >= 0.3 is 0 Å². The summed E-state index contributed by atoms with van der Waals surface area (Å²) in [4.78, 5) is 6.18. The third-order valence-electron chi connectivity index (χ3n) is 2.36. The van der Waals surface area contributed by atoms with Crippen molar-refractivity contribution in [1.29, 1.82) is 0 Å². The summed E-state index contributed by atoms with van der Waals surface area (Å²) >= 11 is 0. The summed E-state index contributed by atoms with van der Waals surface area (Å²) in [6, 6.07) is 3.63. The zero-order chi connectivity index (χ0) is 11.8. The summed E-state index contributed by atoms with van der Waals surface area (Å²) in [7, 11) is 0. The van der Waals surface area contributed by atoms with Gasteiger partial charge in [-0.05, 0) is 18.7 Å². The predicted molar refractivity (Wildman–Crippen MR) is 65.3 cm³/mol. The molecule has 16 heavy (non-hydrogen) atoms. The van der Waals surface area contributed by atoms with Gasteiger partial charge in [0.1, 0.15) is 6.61 Å². The highest BCUT2D eigenvalue weighted by molar-refractivity contribution is 5.44. The van der Waals surface area contributed by atoms with Gasteiger partial charge in [-0.3, -0.25) is 4.90 Å². The lowest BCUT2D eigenvalue weighted by atomic mass is 10.4. The minimum absolute atomic E-state index is 0.435. The van der Waals surface area contributed by atoms with Gasteiger partial charge in [-0.1, -0.05) is 6.92 Å². The quantitative estimate of drug-likeness (QED) is 0.697. The Balaban J connectivity index is 2.32. The van der Waals surface area contributed by atoms with E-state index in [1.54, 1.807) is 6.20 Å². The molecule has 0 fully saturated rings. The van der Waals surface area contributed by atoms with E-state index in [2.05, 4.69) is 16.8 Å². The van der Waals surface area contributed by atoms with E-state index in [0.717, 1.165) is 19.6 Å². The van der Waals surface area contributed by atoms with E-state index in [-0.39, 0.29) is 0 Å². The van der Waals surface area contributed by atoms with Crippen LogP contribution in [-0.4, -0.2) is 42.7 Å². The molecule has 5 nitrogen and oxygen atoms in total. The highest BCUT2D eigenvalue weighted by Crippen LogP contribution is 2.16. The maximum Gasteiger partial charge on any atom is 0.166 e.